The van der Waals surface area contributed by atoms with Crippen LogP contribution in [0.15, 0.2) is 51.0 Å². The number of anilines is 1. The van der Waals surface area contributed by atoms with Crippen LogP contribution in [0.4, 0.5) is 14.5 Å². The normalized spacial score (nSPS) is 16.7. The van der Waals surface area contributed by atoms with Crippen molar-refractivity contribution in [1.29, 1.82) is 5.26 Å². The Morgan fingerprint density at radius 3 is 2.56 bits per heavy atom. The lowest BCUT2D eigenvalue weighted by Crippen LogP contribution is -2.36. The molecule has 8 nitrogen and oxygen atoms in total. The molecule has 43 heavy (non-hydrogen) atoms. The highest BCUT2D eigenvalue weighted by Gasteiger charge is 2.39. The average Bonchev–Trinajstić information content (AvgIpc) is 3.31. The molecule has 2 aliphatic heterocycles. The van der Waals surface area contributed by atoms with Crippen molar-refractivity contribution in [3.8, 4) is 11.8 Å². The number of halogens is 5. The van der Waals surface area contributed by atoms with Gasteiger partial charge in [-0.25, -0.2) is 0 Å². The first kappa shape index (κ1) is 31.1. The van der Waals surface area contributed by atoms with Crippen LogP contribution in [0.2, 0.25) is 10.0 Å². The predicted octanol–water partition coefficient (Wildman–Crippen LogP) is 7.26. The van der Waals surface area contributed by atoms with Crippen molar-refractivity contribution in [3.05, 3.63) is 79.2 Å². The number of amides is 2. The molecular formula is C29H23Cl3F2N4O4S. The van der Waals surface area contributed by atoms with Crippen LogP contribution in [0.25, 0.3) is 0 Å². The summed E-state index contributed by atoms with van der Waals surface area (Å²) in [4.78, 5) is 45.3. The molecule has 0 bridgehead atoms. The fourth-order valence-electron chi connectivity index (χ4n) is 5.30. The molecule has 0 radical (unpaired) electrons. The molecule has 5 rings (SSSR count). The number of nitrogens with zero attached hydrogens (tertiary/aromatic N) is 3. The number of H-pyrrole nitrogens is 1. The quantitative estimate of drug-likeness (QED) is 0.266. The number of pyridine rings is 1. The first-order chi connectivity index (χ1) is 20.4. The zero-order chi connectivity index (χ0) is 31.1. The molecule has 0 saturated carbocycles. The molecule has 0 spiro atoms. The van der Waals surface area contributed by atoms with Gasteiger partial charge >= 0.3 is 5.38 Å². The summed E-state index contributed by atoms with van der Waals surface area (Å²) < 4.78 is 33.9. The second kappa shape index (κ2) is 12.4. The third-order valence-corrected chi connectivity index (χ3v) is 9.57. The zero-order valence-corrected chi connectivity index (χ0v) is 25.6. The van der Waals surface area contributed by atoms with Gasteiger partial charge in [0.1, 0.15) is 17.0 Å². The Labute approximate surface area is 264 Å². The highest BCUT2D eigenvalue weighted by molar-refractivity contribution is 7.99. The molecule has 3 aromatic rings. The van der Waals surface area contributed by atoms with Crippen molar-refractivity contribution in [1.82, 2.24) is 9.88 Å². The van der Waals surface area contributed by atoms with Crippen LogP contribution >= 0.6 is 46.6 Å². The summed E-state index contributed by atoms with van der Waals surface area (Å²) in [5, 5.41) is 6.12. The van der Waals surface area contributed by atoms with Gasteiger partial charge in [-0.1, -0.05) is 41.0 Å². The molecule has 2 aromatic carbocycles. The molecular weight excluding hydrogens is 645 g/mol. The van der Waals surface area contributed by atoms with E-state index in [2.05, 4.69) is 6.07 Å². The second-order valence-electron chi connectivity index (χ2n) is 9.94. The second-order valence-corrected chi connectivity index (χ2v) is 12.3. The standard InChI is InChI=1S/C29H23Cl3F2N4O4S/c1-42-21-11-15-14-38(19(8-9-35)16(15)12-20(21)37-10-3-2-7-24(37)39)28(41)25-22(13-23(29(32,33)34)36-27(25)40)43-26-17(30)5-4-6-18(26)31/h4-6,11-13,19H,2-3,7-8,10,14H2,1H3,(H,36,40). The molecule has 224 valence electrons. The van der Waals surface area contributed by atoms with E-state index in [1.807, 2.05) is 4.98 Å². The Morgan fingerprint density at radius 2 is 1.93 bits per heavy atom. The van der Waals surface area contributed by atoms with Gasteiger partial charge in [0, 0.05) is 29.3 Å². The number of ether oxygens (including phenoxy) is 1. The Kier molecular flexibility index (Phi) is 8.95. The molecule has 3 heterocycles. The summed E-state index contributed by atoms with van der Waals surface area (Å²) in [6.07, 6.45) is 1.86. The number of rotatable bonds is 7. The first-order valence-corrected chi connectivity index (χ1v) is 15.0. The maximum absolute atomic E-state index is 14.2. The summed E-state index contributed by atoms with van der Waals surface area (Å²) in [6.45, 7) is 0.493. The van der Waals surface area contributed by atoms with Crippen LogP contribution in [0.5, 0.6) is 5.75 Å². The third-order valence-electron chi connectivity index (χ3n) is 7.32. The molecule has 0 aliphatic carbocycles. The number of methoxy groups -OCH3 is 1. The van der Waals surface area contributed by atoms with Crippen molar-refractivity contribution in [3.63, 3.8) is 0 Å². The minimum atomic E-state index is -3.94. The van der Waals surface area contributed by atoms with E-state index in [-0.39, 0.29) is 38.7 Å². The molecule has 1 saturated heterocycles. The Balaban J connectivity index is 1.61. The van der Waals surface area contributed by atoms with E-state index in [0.717, 1.165) is 30.7 Å². The van der Waals surface area contributed by atoms with Crippen LogP contribution in [0.3, 0.4) is 0 Å². The lowest BCUT2D eigenvalue weighted by atomic mass is 9.99. The minimum absolute atomic E-state index is 0.00505. The maximum atomic E-state index is 14.2. The smallest absolute Gasteiger partial charge is 0.362 e. The predicted molar refractivity (Wildman–Crippen MR) is 159 cm³/mol. The van der Waals surface area contributed by atoms with Gasteiger partial charge in [-0.05, 0) is 65.9 Å². The number of hydrogen-bond donors (Lipinski definition) is 1. The van der Waals surface area contributed by atoms with E-state index in [9.17, 15) is 28.4 Å². The van der Waals surface area contributed by atoms with E-state index in [1.54, 1.807) is 23.1 Å². The highest BCUT2D eigenvalue weighted by Crippen LogP contribution is 2.45. The van der Waals surface area contributed by atoms with Gasteiger partial charge in [0.2, 0.25) is 5.91 Å². The maximum Gasteiger partial charge on any atom is 0.362 e. The zero-order valence-electron chi connectivity index (χ0n) is 22.6. The van der Waals surface area contributed by atoms with Gasteiger partial charge in [-0.15, -0.1) is 0 Å². The van der Waals surface area contributed by atoms with Crippen molar-refractivity contribution < 1.29 is 23.1 Å². The van der Waals surface area contributed by atoms with Gasteiger partial charge < -0.3 is 19.5 Å². The number of alkyl halides is 3. The molecule has 2 aliphatic rings. The fraction of sp³-hybridized carbons (Fsp3) is 0.310. The van der Waals surface area contributed by atoms with E-state index in [0.29, 0.717) is 35.5 Å². The first-order valence-electron chi connectivity index (χ1n) is 13.1. The van der Waals surface area contributed by atoms with E-state index >= 15 is 0 Å². The number of aromatic amines is 1. The van der Waals surface area contributed by atoms with E-state index < -0.39 is 34.1 Å². The lowest BCUT2D eigenvalue weighted by molar-refractivity contribution is -0.119. The number of hydrogen-bond acceptors (Lipinski definition) is 6. The summed E-state index contributed by atoms with van der Waals surface area (Å²) in [5.74, 6) is -0.438. The fourth-order valence-corrected chi connectivity index (χ4v) is 7.04. The Hall–Kier alpha value is -3.30. The number of fused-ring (bicyclic) bond motifs is 1. The van der Waals surface area contributed by atoms with Crippen LogP contribution in [-0.2, 0) is 16.7 Å². The molecule has 1 unspecified atom stereocenters. The number of nitrogens with one attached hydrogen (secondary N) is 1. The molecule has 1 fully saturated rings. The summed E-state index contributed by atoms with van der Waals surface area (Å²) >= 11 is 18.6. The van der Waals surface area contributed by atoms with Crippen LogP contribution < -0.4 is 15.2 Å². The summed E-state index contributed by atoms with van der Waals surface area (Å²) in [7, 11) is 1.47. The number of nitriles is 1. The third kappa shape index (κ3) is 6.07. The van der Waals surface area contributed by atoms with Gasteiger partial charge in [0.05, 0.1) is 41.4 Å². The van der Waals surface area contributed by atoms with E-state index in [1.165, 1.54) is 24.1 Å². The average molecular weight is 668 g/mol. The number of carbonyl (C=O) groups is 2. The number of benzene rings is 2. The molecule has 1 aromatic heterocycles. The van der Waals surface area contributed by atoms with Crippen LogP contribution in [0, 0.1) is 11.3 Å². The molecule has 1 atom stereocenters. The van der Waals surface area contributed by atoms with E-state index in [4.69, 9.17) is 39.5 Å². The Morgan fingerprint density at radius 1 is 1.21 bits per heavy atom. The van der Waals surface area contributed by atoms with Gasteiger partial charge in [0.15, 0.2) is 0 Å². The van der Waals surface area contributed by atoms with Crippen molar-refractivity contribution in [2.75, 3.05) is 18.6 Å². The van der Waals surface area contributed by atoms with Crippen molar-refractivity contribution in [2.45, 2.75) is 53.4 Å². The largest absolute Gasteiger partial charge is 0.495 e. The minimum Gasteiger partial charge on any atom is -0.495 e. The monoisotopic (exact) mass is 666 g/mol. The van der Waals surface area contributed by atoms with Gasteiger partial charge in [-0.3, -0.25) is 14.4 Å². The Bertz CT molecular complexity index is 1700. The lowest BCUT2D eigenvalue weighted by Gasteiger charge is -2.29. The van der Waals surface area contributed by atoms with Crippen molar-refractivity contribution >= 4 is 64.1 Å². The van der Waals surface area contributed by atoms with Gasteiger partial charge in [0.25, 0.3) is 11.5 Å². The SMILES string of the molecule is COc1cc2c(cc1N1CCCCC1=O)C(CC#N)N(C(=O)c1c(Sc3c(Cl)cccc3Cl)cc(C(F)(F)Cl)[nH]c1=O)C2. The summed E-state index contributed by atoms with van der Waals surface area (Å²) in [5.41, 5.74) is -0.660. The highest BCUT2D eigenvalue weighted by atomic mass is 35.5. The van der Waals surface area contributed by atoms with Crippen LogP contribution in [0.1, 0.15) is 58.9 Å². The molecule has 14 heteroatoms. The topological polar surface area (TPSA) is 106 Å². The van der Waals surface area contributed by atoms with Crippen molar-refractivity contribution in [2.24, 2.45) is 0 Å². The summed E-state index contributed by atoms with van der Waals surface area (Å²) in [6, 6.07) is 10.3. The number of piperidine rings is 1. The number of aromatic nitrogens is 1. The number of carbonyl (C=O) groups excluding carboxylic acids is 2. The van der Waals surface area contributed by atoms with Crippen LogP contribution in [-0.4, -0.2) is 35.4 Å². The molecule has 2 amide bonds. The van der Waals surface area contributed by atoms with Gasteiger partial charge in [-0.2, -0.15) is 14.0 Å². The molecule has 1 N–H and O–H groups in total.